The molecule has 0 saturated heterocycles. The quantitative estimate of drug-likeness (QED) is 0.872. The van der Waals surface area contributed by atoms with Gasteiger partial charge in [0.15, 0.2) is 11.5 Å². The molecule has 1 aromatic carbocycles. The van der Waals surface area contributed by atoms with Gasteiger partial charge in [0.1, 0.15) is 0 Å². The highest BCUT2D eigenvalue weighted by atomic mass is 16.5. The van der Waals surface area contributed by atoms with Gasteiger partial charge >= 0.3 is 0 Å². The van der Waals surface area contributed by atoms with E-state index in [9.17, 15) is 0 Å². The maximum absolute atomic E-state index is 6.10. The van der Waals surface area contributed by atoms with Crippen molar-refractivity contribution in [1.29, 1.82) is 0 Å². The van der Waals surface area contributed by atoms with Gasteiger partial charge in [-0.25, -0.2) is 0 Å². The first-order valence-electron chi connectivity index (χ1n) is 6.08. The van der Waals surface area contributed by atoms with Gasteiger partial charge in [0, 0.05) is 12.0 Å². The molecule has 3 nitrogen and oxygen atoms in total. The molecule has 2 atom stereocenters. The number of nitrogens with two attached hydrogens (primary N) is 1. The fraction of sp³-hybridized carbons (Fsp3) is 0.571. The molecule has 0 unspecified atom stereocenters. The van der Waals surface area contributed by atoms with E-state index in [4.69, 9.17) is 15.2 Å². The summed E-state index contributed by atoms with van der Waals surface area (Å²) in [6, 6.07) is 6.34. The summed E-state index contributed by atoms with van der Waals surface area (Å²) in [5.74, 6) is 2.01. The van der Waals surface area contributed by atoms with E-state index >= 15 is 0 Å². The third-order valence-corrected chi connectivity index (χ3v) is 3.76. The zero-order chi connectivity index (χ0) is 12.6. The Kier molecular flexibility index (Phi) is 3.04. The molecule has 0 bridgehead atoms. The Balaban J connectivity index is 2.29. The van der Waals surface area contributed by atoms with Gasteiger partial charge in [0.2, 0.25) is 0 Å². The third-order valence-electron chi connectivity index (χ3n) is 3.76. The predicted molar refractivity (Wildman–Crippen MR) is 68.7 cm³/mol. The Hall–Kier alpha value is -1.22. The third kappa shape index (κ3) is 2.00. The molecule has 94 valence electrons. The van der Waals surface area contributed by atoms with E-state index in [1.807, 2.05) is 13.0 Å². The fourth-order valence-corrected chi connectivity index (χ4v) is 2.47. The summed E-state index contributed by atoms with van der Waals surface area (Å²) >= 11 is 0. The number of methoxy groups -OCH3 is 1. The lowest BCUT2D eigenvalue weighted by molar-refractivity contribution is 0.310. The zero-order valence-electron chi connectivity index (χ0n) is 11.0. The number of rotatable bonds is 4. The summed E-state index contributed by atoms with van der Waals surface area (Å²) in [6.07, 6.45) is 0. The van der Waals surface area contributed by atoms with Crippen LogP contribution in [0.2, 0.25) is 0 Å². The lowest BCUT2D eigenvalue weighted by atomic mass is 10.0. The molecule has 1 saturated carbocycles. The summed E-state index contributed by atoms with van der Waals surface area (Å²) < 4.78 is 10.9. The first-order valence-corrected chi connectivity index (χ1v) is 6.08. The minimum atomic E-state index is 0.193. The first-order chi connectivity index (χ1) is 8.02. The Bertz CT molecular complexity index is 415. The molecule has 1 aliphatic rings. The fourth-order valence-electron chi connectivity index (χ4n) is 2.47. The van der Waals surface area contributed by atoms with Crippen molar-refractivity contribution in [2.75, 3.05) is 13.7 Å². The standard InChI is InChI=1S/C14H21NO2/c1-5-17-11-8-9(6-7-10(11)16-4)12-13(15)14(12,2)3/h6-8,12-13H,5,15H2,1-4H3/t12-,13-/m1/s1. The van der Waals surface area contributed by atoms with Crippen molar-refractivity contribution in [3.05, 3.63) is 23.8 Å². The normalized spacial score (nSPS) is 25.5. The van der Waals surface area contributed by atoms with Crippen molar-refractivity contribution in [2.45, 2.75) is 32.7 Å². The van der Waals surface area contributed by atoms with Crippen LogP contribution in [0.3, 0.4) is 0 Å². The van der Waals surface area contributed by atoms with E-state index in [1.165, 1.54) is 5.56 Å². The second-order valence-electron chi connectivity index (χ2n) is 5.17. The van der Waals surface area contributed by atoms with Crippen LogP contribution in [0, 0.1) is 5.41 Å². The van der Waals surface area contributed by atoms with Crippen LogP contribution in [0.5, 0.6) is 11.5 Å². The van der Waals surface area contributed by atoms with Gasteiger partial charge < -0.3 is 15.2 Å². The van der Waals surface area contributed by atoms with Crippen LogP contribution in [-0.2, 0) is 0 Å². The van der Waals surface area contributed by atoms with Gasteiger partial charge in [-0.1, -0.05) is 19.9 Å². The van der Waals surface area contributed by atoms with Gasteiger partial charge in [-0.05, 0) is 30.0 Å². The molecule has 1 aliphatic carbocycles. The molecule has 0 amide bonds. The summed E-state index contributed by atoms with van der Waals surface area (Å²) in [4.78, 5) is 0. The molecule has 17 heavy (non-hydrogen) atoms. The van der Waals surface area contributed by atoms with Gasteiger partial charge in [-0.15, -0.1) is 0 Å². The van der Waals surface area contributed by atoms with E-state index in [2.05, 4.69) is 26.0 Å². The molecule has 2 rings (SSSR count). The molecule has 1 fully saturated rings. The van der Waals surface area contributed by atoms with Gasteiger partial charge in [0.25, 0.3) is 0 Å². The molecule has 2 N–H and O–H groups in total. The van der Waals surface area contributed by atoms with Crippen LogP contribution >= 0.6 is 0 Å². The Labute approximate surface area is 103 Å². The molecule has 0 heterocycles. The summed E-state index contributed by atoms with van der Waals surface area (Å²) in [5.41, 5.74) is 7.53. The van der Waals surface area contributed by atoms with E-state index in [0.717, 1.165) is 11.5 Å². The van der Waals surface area contributed by atoms with Crippen LogP contribution in [0.15, 0.2) is 18.2 Å². The Morgan fingerprint density at radius 1 is 1.29 bits per heavy atom. The maximum Gasteiger partial charge on any atom is 0.161 e. The van der Waals surface area contributed by atoms with Crippen molar-refractivity contribution in [1.82, 2.24) is 0 Å². The van der Waals surface area contributed by atoms with Gasteiger partial charge in [0.05, 0.1) is 13.7 Å². The summed E-state index contributed by atoms with van der Waals surface area (Å²) in [6.45, 7) is 7.01. The number of hydrogen-bond donors (Lipinski definition) is 1. The minimum Gasteiger partial charge on any atom is -0.493 e. The zero-order valence-corrected chi connectivity index (χ0v) is 11.0. The van der Waals surface area contributed by atoms with E-state index in [0.29, 0.717) is 12.5 Å². The maximum atomic E-state index is 6.10. The highest BCUT2D eigenvalue weighted by Crippen LogP contribution is 2.57. The first kappa shape index (κ1) is 12.2. The van der Waals surface area contributed by atoms with Crippen molar-refractivity contribution in [3.8, 4) is 11.5 Å². The Morgan fingerprint density at radius 3 is 2.41 bits per heavy atom. The van der Waals surface area contributed by atoms with Crippen molar-refractivity contribution in [2.24, 2.45) is 11.1 Å². The monoisotopic (exact) mass is 235 g/mol. The van der Waals surface area contributed by atoms with Crippen LogP contribution in [0.1, 0.15) is 32.3 Å². The molecular formula is C14H21NO2. The highest BCUT2D eigenvalue weighted by Gasteiger charge is 2.56. The highest BCUT2D eigenvalue weighted by molar-refractivity contribution is 5.47. The van der Waals surface area contributed by atoms with Crippen molar-refractivity contribution in [3.63, 3.8) is 0 Å². The Morgan fingerprint density at radius 2 is 1.94 bits per heavy atom. The van der Waals surface area contributed by atoms with E-state index in [1.54, 1.807) is 7.11 Å². The molecule has 0 radical (unpaired) electrons. The number of hydrogen-bond acceptors (Lipinski definition) is 3. The van der Waals surface area contributed by atoms with Crippen LogP contribution < -0.4 is 15.2 Å². The summed E-state index contributed by atoms with van der Waals surface area (Å²) in [7, 11) is 1.66. The van der Waals surface area contributed by atoms with Gasteiger partial charge in [-0.3, -0.25) is 0 Å². The van der Waals surface area contributed by atoms with Crippen LogP contribution in [-0.4, -0.2) is 19.8 Å². The lowest BCUT2D eigenvalue weighted by Crippen LogP contribution is -2.06. The second-order valence-corrected chi connectivity index (χ2v) is 5.17. The lowest BCUT2D eigenvalue weighted by Gasteiger charge is -2.11. The molecular weight excluding hydrogens is 214 g/mol. The van der Waals surface area contributed by atoms with E-state index in [-0.39, 0.29) is 11.5 Å². The minimum absolute atomic E-state index is 0.193. The number of benzene rings is 1. The molecule has 0 aliphatic heterocycles. The average Bonchev–Trinajstić information content (AvgIpc) is 2.78. The largest absolute Gasteiger partial charge is 0.493 e. The van der Waals surface area contributed by atoms with Gasteiger partial charge in [-0.2, -0.15) is 0 Å². The average molecular weight is 235 g/mol. The smallest absolute Gasteiger partial charge is 0.161 e. The SMILES string of the molecule is CCOc1cc([C@@H]2[C@@H](N)C2(C)C)ccc1OC. The topological polar surface area (TPSA) is 44.5 Å². The van der Waals surface area contributed by atoms with Crippen molar-refractivity contribution >= 4 is 0 Å². The second kappa shape index (κ2) is 4.22. The molecule has 3 heteroatoms. The molecule has 0 spiro atoms. The van der Waals surface area contributed by atoms with E-state index < -0.39 is 0 Å². The predicted octanol–water partition coefficient (Wildman–Crippen LogP) is 2.54. The van der Waals surface area contributed by atoms with Crippen LogP contribution in [0.25, 0.3) is 0 Å². The molecule has 1 aromatic rings. The van der Waals surface area contributed by atoms with Crippen LogP contribution in [0.4, 0.5) is 0 Å². The molecule has 0 aromatic heterocycles. The summed E-state index contributed by atoms with van der Waals surface area (Å²) in [5, 5.41) is 0. The van der Waals surface area contributed by atoms with Crippen molar-refractivity contribution < 1.29 is 9.47 Å². The number of ether oxygens (including phenoxy) is 2.